The molecule has 19 heavy (non-hydrogen) atoms. The van der Waals surface area contributed by atoms with Gasteiger partial charge in [0.05, 0.1) is 12.2 Å². The second-order valence-electron chi connectivity index (χ2n) is 5.21. The molecule has 0 amide bonds. The number of unbranched alkanes of at least 4 members (excludes halogenated alkanes) is 1. The first-order chi connectivity index (χ1) is 9.22. The number of nitrogens with zero attached hydrogens (tertiary/aromatic N) is 2. The van der Waals surface area contributed by atoms with Gasteiger partial charge in [-0.15, -0.1) is 0 Å². The minimum absolute atomic E-state index is 0.0486. The van der Waals surface area contributed by atoms with Gasteiger partial charge in [0.15, 0.2) is 0 Å². The van der Waals surface area contributed by atoms with Crippen LogP contribution in [0.1, 0.15) is 38.2 Å². The second kappa shape index (κ2) is 7.03. The van der Waals surface area contributed by atoms with Crippen LogP contribution in [0.15, 0.2) is 6.20 Å². The van der Waals surface area contributed by atoms with Gasteiger partial charge >= 0.3 is 0 Å². The Balaban J connectivity index is 1.83. The summed E-state index contributed by atoms with van der Waals surface area (Å²) >= 11 is 0. The summed E-state index contributed by atoms with van der Waals surface area (Å²) in [6.07, 6.45) is 4.85. The predicted molar refractivity (Wildman–Crippen MR) is 73.9 cm³/mol. The normalized spacial score (nSPS) is 24.2. The van der Waals surface area contributed by atoms with Gasteiger partial charge in [0, 0.05) is 44.6 Å². The molecule has 0 spiro atoms. The molecule has 1 aromatic heterocycles. The molecule has 5 nitrogen and oxygen atoms in total. The second-order valence-corrected chi connectivity index (χ2v) is 5.21. The van der Waals surface area contributed by atoms with Gasteiger partial charge in [0.1, 0.15) is 5.82 Å². The number of rotatable bonds is 7. The van der Waals surface area contributed by atoms with E-state index in [9.17, 15) is 5.11 Å². The summed E-state index contributed by atoms with van der Waals surface area (Å²) in [7, 11) is 0. The summed E-state index contributed by atoms with van der Waals surface area (Å²) in [4.78, 5) is 9.97. The quantitative estimate of drug-likeness (QED) is 0.782. The Labute approximate surface area is 115 Å². The van der Waals surface area contributed by atoms with Gasteiger partial charge in [-0.2, -0.15) is 0 Å². The molecular formula is C14H25N3O2. The van der Waals surface area contributed by atoms with E-state index in [0.29, 0.717) is 13.2 Å². The molecule has 0 aromatic carbocycles. The van der Waals surface area contributed by atoms with E-state index in [1.54, 1.807) is 0 Å². The number of β-amino-alcohol motifs (C(OH)–C–C–N with tert-alkyl or cyclic N) is 1. The molecule has 1 aromatic rings. The maximum atomic E-state index is 9.90. The third-order valence-electron chi connectivity index (χ3n) is 3.54. The van der Waals surface area contributed by atoms with Gasteiger partial charge in [0.2, 0.25) is 0 Å². The van der Waals surface area contributed by atoms with E-state index < -0.39 is 0 Å². The third kappa shape index (κ3) is 4.03. The smallest absolute Gasteiger partial charge is 0.106 e. The molecular weight excluding hydrogens is 242 g/mol. The zero-order chi connectivity index (χ0) is 13.7. The molecule has 0 aliphatic carbocycles. The number of likely N-dealkylation sites (tertiary alicyclic amines) is 1. The van der Waals surface area contributed by atoms with Crippen molar-refractivity contribution in [3.63, 3.8) is 0 Å². The lowest BCUT2D eigenvalue weighted by Gasteiger charge is -2.14. The fraction of sp³-hybridized carbons (Fsp3) is 0.786. The topological polar surface area (TPSA) is 61.4 Å². The van der Waals surface area contributed by atoms with Crippen LogP contribution in [0.3, 0.4) is 0 Å². The van der Waals surface area contributed by atoms with Crippen LogP contribution in [0, 0.1) is 0 Å². The van der Waals surface area contributed by atoms with Crippen molar-refractivity contribution in [1.29, 1.82) is 0 Å². The van der Waals surface area contributed by atoms with Crippen LogP contribution >= 0.6 is 0 Å². The van der Waals surface area contributed by atoms with E-state index in [4.69, 9.17) is 4.74 Å². The van der Waals surface area contributed by atoms with Crippen LogP contribution in [0.5, 0.6) is 0 Å². The molecule has 2 heterocycles. The largest absolute Gasteiger partial charge is 0.389 e. The first-order valence-electron chi connectivity index (χ1n) is 7.27. The number of aliphatic hydroxyl groups is 1. The van der Waals surface area contributed by atoms with Crippen molar-refractivity contribution in [1.82, 2.24) is 14.9 Å². The molecule has 5 heteroatoms. The first-order valence-corrected chi connectivity index (χ1v) is 7.27. The number of ether oxygens (including phenoxy) is 1. The summed E-state index contributed by atoms with van der Waals surface area (Å²) < 4.78 is 5.52. The van der Waals surface area contributed by atoms with Crippen molar-refractivity contribution >= 4 is 0 Å². The zero-order valence-corrected chi connectivity index (χ0v) is 11.9. The highest BCUT2D eigenvalue weighted by Crippen LogP contribution is 2.16. The first kappa shape index (κ1) is 14.5. The highest BCUT2D eigenvalue weighted by molar-refractivity contribution is 5.02. The van der Waals surface area contributed by atoms with Gasteiger partial charge < -0.3 is 14.8 Å². The highest BCUT2D eigenvalue weighted by atomic mass is 16.5. The number of nitrogens with one attached hydrogen (secondary N) is 1. The lowest BCUT2D eigenvalue weighted by atomic mass is 10.2. The Kier molecular flexibility index (Phi) is 5.36. The van der Waals surface area contributed by atoms with Crippen LogP contribution in [0.4, 0.5) is 0 Å². The predicted octanol–water partition coefficient (Wildman–Crippen LogP) is 1.33. The van der Waals surface area contributed by atoms with Crippen LogP contribution in [0.2, 0.25) is 0 Å². The Morgan fingerprint density at radius 2 is 2.32 bits per heavy atom. The number of aliphatic hydroxyl groups excluding tert-OH is 1. The Morgan fingerprint density at radius 3 is 3.05 bits per heavy atom. The molecule has 1 saturated heterocycles. The molecule has 0 unspecified atom stereocenters. The molecule has 2 atom stereocenters. The maximum absolute atomic E-state index is 9.90. The van der Waals surface area contributed by atoms with Crippen molar-refractivity contribution in [2.75, 3.05) is 19.7 Å². The van der Waals surface area contributed by atoms with Gasteiger partial charge in [-0.05, 0) is 13.3 Å². The van der Waals surface area contributed by atoms with Crippen molar-refractivity contribution in [3.05, 3.63) is 17.7 Å². The Bertz CT molecular complexity index is 381. The Morgan fingerprint density at radius 1 is 1.47 bits per heavy atom. The van der Waals surface area contributed by atoms with Gasteiger partial charge in [-0.25, -0.2) is 4.98 Å². The molecule has 2 N–H and O–H groups in total. The molecule has 0 radical (unpaired) electrons. The lowest BCUT2D eigenvalue weighted by Crippen LogP contribution is -2.26. The van der Waals surface area contributed by atoms with Crippen molar-refractivity contribution < 1.29 is 9.84 Å². The molecule has 1 aliphatic heterocycles. The summed E-state index contributed by atoms with van der Waals surface area (Å²) in [6.45, 7) is 7.07. The number of imidazole rings is 1. The Hall–Kier alpha value is -0.910. The summed E-state index contributed by atoms with van der Waals surface area (Å²) in [5, 5.41) is 9.90. The minimum atomic E-state index is -0.373. The standard InChI is InChI=1S/C14H25N3O2/c1-3-5-6-14-15-7-11(16-14)8-17-9-12(18)13(10-17)19-4-2/h7,12-13,18H,3-6,8-10H2,1-2H3,(H,15,16)/t12-,13-/m0/s1. The monoisotopic (exact) mass is 267 g/mol. The molecule has 0 saturated carbocycles. The van der Waals surface area contributed by atoms with E-state index in [2.05, 4.69) is 21.8 Å². The number of H-pyrrole nitrogens is 1. The number of aryl methyl sites for hydroxylation is 1. The maximum Gasteiger partial charge on any atom is 0.106 e. The zero-order valence-electron chi connectivity index (χ0n) is 11.9. The van der Waals surface area contributed by atoms with E-state index in [1.165, 1.54) is 12.8 Å². The number of aromatic nitrogens is 2. The van der Waals surface area contributed by atoms with Crippen LogP contribution < -0.4 is 0 Å². The molecule has 0 bridgehead atoms. The van der Waals surface area contributed by atoms with E-state index in [-0.39, 0.29) is 12.2 Å². The molecule has 1 aliphatic rings. The fourth-order valence-electron chi connectivity index (χ4n) is 2.54. The summed E-state index contributed by atoms with van der Waals surface area (Å²) in [5.41, 5.74) is 1.12. The number of hydrogen-bond acceptors (Lipinski definition) is 4. The molecule has 1 fully saturated rings. The van der Waals surface area contributed by atoms with Gasteiger partial charge in [-0.3, -0.25) is 4.90 Å². The van der Waals surface area contributed by atoms with Crippen LogP contribution in [-0.4, -0.2) is 51.9 Å². The van der Waals surface area contributed by atoms with Crippen molar-refractivity contribution in [3.8, 4) is 0 Å². The van der Waals surface area contributed by atoms with Gasteiger partial charge in [0.25, 0.3) is 0 Å². The van der Waals surface area contributed by atoms with Gasteiger partial charge in [-0.1, -0.05) is 13.3 Å². The van der Waals surface area contributed by atoms with Crippen LogP contribution in [0.25, 0.3) is 0 Å². The van der Waals surface area contributed by atoms with E-state index >= 15 is 0 Å². The highest BCUT2D eigenvalue weighted by Gasteiger charge is 2.31. The van der Waals surface area contributed by atoms with Crippen LogP contribution in [-0.2, 0) is 17.7 Å². The lowest BCUT2D eigenvalue weighted by molar-refractivity contribution is -0.00245. The fourth-order valence-corrected chi connectivity index (χ4v) is 2.54. The van der Waals surface area contributed by atoms with Crippen molar-refractivity contribution in [2.45, 2.75) is 51.9 Å². The molecule has 108 valence electrons. The number of hydrogen-bond donors (Lipinski definition) is 2. The van der Waals surface area contributed by atoms with Crippen molar-refractivity contribution in [2.24, 2.45) is 0 Å². The summed E-state index contributed by atoms with van der Waals surface area (Å²) in [6, 6.07) is 0. The third-order valence-corrected chi connectivity index (χ3v) is 3.54. The average Bonchev–Trinajstić information content (AvgIpc) is 2.96. The molecule has 2 rings (SSSR count). The minimum Gasteiger partial charge on any atom is -0.389 e. The average molecular weight is 267 g/mol. The van der Waals surface area contributed by atoms with E-state index in [1.807, 2.05) is 13.1 Å². The summed E-state index contributed by atoms with van der Waals surface area (Å²) in [5.74, 6) is 1.07. The number of aromatic amines is 1. The van der Waals surface area contributed by atoms with E-state index in [0.717, 1.165) is 31.0 Å². The SMILES string of the molecule is CCCCc1ncc(CN2C[C@H](OCC)[C@@H](O)C2)[nH]1.